The Morgan fingerprint density at radius 3 is 2.57 bits per heavy atom. The zero-order valence-corrected chi connectivity index (χ0v) is 20.1. The Bertz CT molecular complexity index is 1320. The lowest BCUT2D eigenvalue weighted by Crippen LogP contribution is -2.46. The number of halogens is 1. The van der Waals surface area contributed by atoms with Crippen LogP contribution in [0, 0.1) is 0 Å². The molecule has 0 aliphatic carbocycles. The summed E-state index contributed by atoms with van der Waals surface area (Å²) in [6.07, 6.45) is 3.38. The molecule has 0 radical (unpaired) electrons. The summed E-state index contributed by atoms with van der Waals surface area (Å²) in [5, 5.41) is 8.86. The summed E-state index contributed by atoms with van der Waals surface area (Å²) >= 11 is 5.98. The second-order valence-electron chi connectivity index (χ2n) is 8.24. The zero-order chi connectivity index (χ0) is 24.2. The van der Waals surface area contributed by atoms with Gasteiger partial charge in [-0.15, -0.1) is 0 Å². The van der Waals surface area contributed by atoms with Crippen LogP contribution in [0.15, 0.2) is 61.1 Å². The van der Waals surface area contributed by atoms with E-state index in [1.165, 1.54) is 5.69 Å². The highest BCUT2D eigenvalue weighted by Crippen LogP contribution is 2.26. The highest BCUT2D eigenvalue weighted by molar-refractivity contribution is 6.30. The van der Waals surface area contributed by atoms with Crippen molar-refractivity contribution in [3.63, 3.8) is 0 Å². The summed E-state index contributed by atoms with van der Waals surface area (Å²) in [6.45, 7) is 4.39. The molecule has 35 heavy (non-hydrogen) atoms. The molecule has 1 saturated heterocycles. The number of anilines is 2. The molecule has 2 aromatic carbocycles. The number of hydrogen-bond donors (Lipinski definition) is 1. The highest BCUT2D eigenvalue weighted by atomic mass is 35.5. The number of nitrogens with zero attached hydrogens (tertiary/aromatic N) is 6. The molecule has 1 N–H and O–H groups in total. The van der Waals surface area contributed by atoms with Gasteiger partial charge in [-0.1, -0.05) is 17.7 Å². The van der Waals surface area contributed by atoms with Gasteiger partial charge in [0, 0.05) is 49.0 Å². The van der Waals surface area contributed by atoms with E-state index in [4.69, 9.17) is 16.3 Å². The van der Waals surface area contributed by atoms with Crippen LogP contribution in [0.1, 0.15) is 10.4 Å². The molecule has 0 spiro atoms. The minimum atomic E-state index is -0.172. The largest absolute Gasteiger partial charge is 0.497 e. The van der Waals surface area contributed by atoms with E-state index in [0.29, 0.717) is 23.7 Å². The molecule has 1 fully saturated rings. The van der Waals surface area contributed by atoms with Gasteiger partial charge in [0.05, 0.1) is 25.2 Å². The molecular formula is C25H26ClN7O2. The fourth-order valence-electron chi connectivity index (χ4n) is 4.27. The summed E-state index contributed by atoms with van der Waals surface area (Å²) in [5.41, 5.74) is 2.47. The molecule has 2 aromatic heterocycles. The Morgan fingerprint density at radius 1 is 1.06 bits per heavy atom. The monoisotopic (exact) mass is 491 g/mol. The number of amides is 1. The van der Waals surface area contributed by atoms with Gasteiger partial charge in [0.2, 0.25) is 0 Å². The van der Waals surface area contributed by atoms with Crippen molar-refractivity contribution in [2.45, 2.75) is 6.54 Å². The maximum Gasteiger partial charge on any atom is 0.251 e. The first-order valence-corrected chi connectivity index (χ1v) is 11.8. The summed E-state index contributed by atoms with van der Waals surface area (Å²) in [4.78, 5) is 26.0. The molecule has 0 unspecified atom stereocenters. The van der Waals surface area contributed by atoms with Gasteiger partial charge in [0.25, 0.3) is 5.91 Å². The average molecular weight is 492 g/mol. The van der Waals surface area contributed by atoms with E-state index in [2.05, 4.69) is 42.3 Å². The molecule has 10 heteroatoms. The lowest BCUT2D eigenvalue weighted by molar-refractivity contribution is 0.0952. The van der Waals surface area contributed by atoms with Gasteiger partial charge in [-0.2, -0.15) is 5.10 Å². The van der Waals surface area contributed by atoms with Gasteiger partial charge in [0.1, 0.15) is 17.9 Å². The Hall–Kier alpha value is -3.85. The van der Waals surface area contributed by atoms with E-state index in [9.17, 15) is 4.79 Å². The van der Waals surface area contributed by atoms with Crippen LogP contribution in [0.2, 0.25) is 5.02 Å². The molecule has 180 valence electrons. The Morgan fingerprint density at radius 2 is 1.83 bits per heavy atom. The molecule has 1 amide bonds. The van der Waals surface area contributed by atoms with E-state index < -0.39 is 0 Å². The van der Waals surface area contributed by atoms with Crippen molar-refractivity contribution < 1.29 is 9.53 Å². The quantitative estimate of drug-likeness (QED) is 0.424. The van der Waals surface area contributed by atoms with Crippen molar-refractivity contribution in [2.75, 3.05) is 49.6 Å². The third-order valence-corrected chi connectivity index (χ3v) is 6.36. The first kappa shape index (κ1) is 22.9. The second kappa shape index (κ2) is 10.2. The number of benzene rings is 2. The van der Waals surface area contributed by atoms with E-state index in [1.54, 1.807) is 48.6 Å². The lowest BCUT2D eigenvalue weighted by Gasteiger charge is -2.36. The SMILES string of the molecule is COc1ccc(N2CCN(c3ncnc4c3cnn4CCNC(=O)c3cccc(Cl)c3)CC2)cc1. The van der Waals surface area contributed by atoms with Gasteiger partial charge in [-0.05, 0) is 42.5 Å². The molecule has 0 bridgehead atoms. The van der Waals surface area contributed by atoms with Crippen LogP contribution in [0.25, 0.3) is 11.0 Å². The molecule has 1 aliphatic rings. The molecule has 0 atom stereocenters. The molecule has 4 aromatic rings. The number of rotatable bonds is 7. The van der Waals surface area contributed by atoms with Crippen LogP contribution >= 0.6 is 11.6 Å². The first-order valence-electron chi connectivity index (χ1n) is 11.5. The summed E-state index contributed by atoms with van der Waals surface area (Å²) in [6, 6.07) is 15.0. The fraction of sp³-hybridized carbons (Fsp3) is 0.280. The highest BCUT2D eigenvalue weighted by Gasteiger charge is 2.21. The Balaban J connectivity index is 1.22. The molecular weight excluding hydrogens is 466 g/mol. The van der Waals surface area contributed by atoms with Gasteiger partial charge in [-0.3, -0.25) is 4.79 Å². The van der Waals surface area contributed by atoms with Gasteiger partial charge < -0.3 is 19.9 Å². The van der Waals surface area contributed by atoms with E-state index in [1.807, 2.05) is 12.1 Å². The molecule has 1 aliphatic heterocycles. The number of methoxy groups -OCH3 is 1. The minimum Gasteiger partial charge on any atom is -0.497 e. The fourth-order valence-corrected chi connectivity index (χ4v) is 4.46. The standard InChI is InChI=1S/C25H26ClN7O2/c1-35-21-7-5-20(6-8-21)31-11-13-32(14-12-31)23-22-16-30-33(24(22)29-17-28-23)10-9-27-25(34)18-3-2-4-19(26)15-18/h2-8,15-17H,9-14H2,1H3,(H,27,34). The van der Waals surface area contributed by atoms with Crippen LogP contribution in [-0.4, -0.2) is 65.5 Å². The number of hydrogen-bond acceptors (Lipinski definition) is 7. The van der Waals surface area contributed by atoms with Crippen molar-refractivity contribution in [2.24, 2.45) is 0 Å². The van der Waals surface area contributed by atoms with Gasteiger partial charge in [0.15, 0.2) is 5.65 Å². The first-order chi connectivity index (χ1) is 17.1. The van der Waals surface area contributed by atoms with Crippen LogP contribution in [0.4, 0.5) is 11.5 Å². The number of nitrogens with one attached hydrogen (secondary N) is 1. The second-order valence-corrected chi connectivity index (χ2v) is 8.68. The normalized spacial score (nSPS) is 13.8. The van der Waals surface area contributed by atoms with Crippen LogP contribution in [0.5, 0.6) is 5.75 Å². The minimum absolute atomic E-state index is 0.172. The number of carbonyl (C=O) groups excluding carboxylic acids is 1. The number of piperazine rings is 1. The van der Waals surface area contributed by atoms with Crippen molar-refractivity contribution in [1.29, 1.82) is 0 Å². The van der Waals surface area contributed by atoms with Gasteiger partial charge >= 0.3 is 0 Å². The predicted octanol–water partition coefficient (Wildman–Crippen LogP) is 3.24. The maximum atomic E-state index is 12.4. The van der Waals surface area contributed by atoms with Gasteiger partial charge in [-0.25, -0.2) is 14.6 Å². The third kappa shape index (κ3) is 5.00. The van der Waals surface area contributed by atoms with Crippen molar-refractivity contribution in [1.82, 2.24) is 25.1 Å². The predicted molar refractivity (Wildman–Crippen MR) is 137 cm³/mol. The third-order valence-electron chi connectivity index (χ3n) is 6.13. The number of fused-ring (bicyclic) bond motifs is 1. The van der Waals surface area contributed by atoms with Crippen molar-refractivity contribution in [3.8, 4) is 5.75 Å². The van der Waals surface area contributed by atoms with E-state index in [0.717, 1.165) is 48.8 Å². The number of carbonyl (C=O) groups is 1. The summed E-state index contributed by atoms with van der Waals surface area (Å²) in [7, 11) is 1.68. The average Bonchev–Trinajstić information content (AvgIpc) is 3.32. The van der Waals surface area contributed by atoms with Crippen molar-refractivity contribution >= 4 is 40.0 Å². The van der Waals surface area contributed by atoms with Crippen LogP contribution in [-0.2, 0) is 6.54 Å². The van der Waals surface area contributed by atoms with Crippen LogP contribution in [0.3, 0.4) is 0 Å². The summed E-state index contributed by atoms with van der Waals surface area (Å²) in [5.74, 6) is 1.57. The maximum absolute atomic E-state index is 12.4. The van der Waals surface area contributed by atoms with E-state index >= 15 is 0 Å². The smallest absolute Gasteiger partial charge is 0.251 e. The molecule has 9 nitrogen and oxygen atoms in total. The van der Waals surface area contributed by atoms with E-state index in [-0.39, 0.29) is 5.91 Å². The molecule has 0 saturated carbocycles. The lowest BCUT2D eigenvalue weighted by atomic mass is 10.2. The van der Waals surface area contributed by atoms with Crippen LogP contribution < -0.4 is 19.9 Å². The Labute approximate surface area is 208 Å². The summed E-state index contributed by atoms with van der Waals surface area (Å²) < 4.78 is 7.06. The number of aromatic nitrogens is 4. The number of ether oxygens (including phenoxy) is 1. The Kier molecular flexibility index (Phi) is 6.67. The topological polar surface area (TPSA) is 88.4 Å². The zero-order valence-electron chi connectivity index (χ0n) is 19.4. The molecule has 3 heterocycles. The molecule has 5 rings (SSSR count). The van der Waals surface area contributed by atoms with Crippen molar-refractivity contribution in [3.05, 3.63) is 71.6 Å².